The lowest BCUT2D eigenvalue weighted by molar-refractivity contribution is -0.120. The van der Waals surface area contributed by atoms with E-state index < -0.39 is 5.92 Å². The molecule has 0 spiro atoms. The van der Waals surface area contributed by atoms with Crippen molar-refractivity contribution < 1.29 is 9.90 Å². The Bertz CT molecular complexity index is 720. The van der Waals surface area contributed by atoms with E-state index in [1.165, 1.54) is 0 Å². The molecule has 0 bridgehead atoms. The summed E-state index contributed by atoms with van der Waals surface area (Å²) in [5.74, 6) is 0.0340. The van der Waals surface area contributed by atoms with Crippen LogP contribution in [0.25, 0.3) is 0 Å². The van der Waals surface area contributed by atoms with E-state index >= 15 is 0 Å². The number of halogens is 2. The average Bonchev–Trinajstić information content (AvgIpc) is 2.52. The lowest BCUT2D eigenvalue weighted by atomic mass is 9.92. The fourth-order valence-electron chi connectivity index (χ4n) is 2.64. The van der Waals surface area contributed by atoms with Crippen molar-refractivity contribution in [2.45, 2.75) is 19.8 Å². The van der Waals surface area contributed by atoms with Crippen LogP contribution in [0.15, 0.2) is 51.8 Å². The SMILES string of the molecule is CCC1=NC2=C(Cl)C(O)=CCC2C(=O)N1c1ccc(Cl)cc1. The summed E-state index contributed by atoms with van der Waals surface area (Å²) >= 11 is 12.0. The maximum Gasteiger partial charge on any atom is 0.241 e. The fraction of sp³-hybridized carbons (Fsp3) is 0.250. The first-order valence-electron chi connectivity index (χ1n) is 6.99. The van der Waals surface area contributed by atoms with Crippen LogP contribution < -0.4 is 4.90 Å². The normalized spacial score (nSPS) is 21.5. The molecule has 1 aliphatic heterocycles. The number of fused-ring (bicyclic) bond motifs is 1. The first-order chi connectivity index (χ1) is 10.5. The standard InChI is InChI=1S/C16H14Cl2N2O2/c1-2-13-19-15-11(7-8-12(21)14(15)18)16(22)20(13)10-5-3-9(17)4-6-10/h3-6,8,11,21H,2,7H2,1H3. The van der Waals surface area contributed by atoms with Gasteiger partial charge < -0.3 is 5.11 Å². The minimum atomic E-state index is -0.464. The maximum absolute atomic E-state index is 12.9. The number of hydrogen-bond acceptors (Lipinski definition) is 3. The first-order valence-corrected chi connectivity index (χ1v) is 7.74. The van der Waals surface area contributed by atoms with Crippen LogP contribution in [0.1, 0.15) is 19.8 Å². The highest BCUT2D eigenvalue weighted by Gasteiger charge is 2.38. The van der Waals surface area contributed by atoms with Crippen molar-refractivity contribution >= 4 is 40.6 Å². The highest BCUT2D eigenvalue weighted by atomic mass is 35.5. The number of amides is 1. The molecule has 0 saturated heterocycles. The van der Waals surface area contributed by atoms with Gasteiger partial charge in [0.2, 0.25) is 5.91 Å². The van der Waals surface area contributed by atoms with Crippen molar-refractivity contribution in [3.8, 4) is 0 Å². The summed E-state index contributed by atoms with van der Waals surface area (Å²) in [6, 6.07) is 7.06. The molecule has 0 fully saturated rings. The molecule has 6 heteroatoms. The number of rotatable bonds is 2. The minimum Gasteiger partial charge on any atom is -0.507 e. The number of carbonyl (C=O) groups is 1. The minimum absolute atomic E-state index is 0.0140. The molecule has 1 aromatic rings. The first kappa shape index (κ1) is 15.1. The number of aliphatic hydroxyl groups excluding tert-OH is 1. The predicted molar refractivity (Wildman–Crippen MR) is 88.4 cm³/mol. The number of aliphatic hydroxyl groups is 1. The van der Waals surface area contributed by atoms with Crippen LogP contribution in [0.2, 0.25) is 5.02 Å². The molecular weight excluding hydrogens is 323 g/mol. The smallest absolute Gasteiger partial charge is 0.241 e. The lowest BCUT2D eigenvalue weighted by Gasteiger charge is -2.34. The molecule has 1 aromatic carbocycles. The Morgan fingerprint density at radius 1 is 1.32 bits per heavy atom. The number of allylic oxidation sites excluding steroid dienone is 2. The van der Waals surface area contributed by atoms with E-state index in [1.54, 1.807) is 35.2 Å². The molecule has 0 aromatic heterocycles. The van der Waals surface area contributed by atoms with Crippen molar-refractivity contribution in [1.29, 1.82) is 0 Å². The predicted octanol–water partition coefficient (Wildman–Crippen LogP) is 4.41. The van der Waals surface area contributed by atoms with Gasteiger partial charge in [-0.3, -0.25) is 9.69 Å². The zero-order valence-corrected chi connectivity index (χ0v) is 13.4. The fourth-order valence-corrected chi connectivity index (χ4v) is 3.01. The zero-order chi connectivity index (χ0) is 15.9. The monoisotopic (exact) mass is 336 g/mol. The summed E-state index contributed by atoms with van der Waals surface area (Å²) < 4.78 is 0. The third-order valence-electron chi connectivity index (χ3n) is 3.75. The quantitative estimate of drug-likeness (QED) is 0.869. The second-order valence-corrected chi connectivity index (χ2v) is 5.92. The number of carbonyl (C=O) groups excluding carboxylic acids is 1. The van der Waals surface area contributed by atoms with Gasteiger partial charge in [0, 0.05) is 11.4 Å². The molecule has 1 atom stereocenters. The Morgan fingerprint density at radius 2 is 2.00 bits per heavy atom. The van der Waals surface area contributed by atoms with E-state index in [-0.39, 0.29) is 16.7 Å². The van der Waals surface area contributed by atoms with Crippen LogP contribution >= 0.6 is 23.2 Å². The summed E-state index contributed by atoms with van der Waals surface area (Å²) in [4.78, 5) is 19.0. The molecule has 114 valence electrons. The number of nitrogens with zero attached hydrogens (tertiary/aromatic N) is 2. The highest BCUT2D eigenvalue weighted by Crippen LogP contribution is 2.38. The Morgan fingerprint density at radius 3 is 2.64 bits per heavy atom. The van der Waals surface area contributed by atoms with E-state index in [0.29, 0.717) is 29.4 Å². The van der Waals surface area contributed by atoms with E-state index in [4.69, 9.17) is 23.2 Å². The second-order valence-electron chi connectivity index (χ2n) is 5.11. The highest BCUT2D eigenvalue weighted by molar-refractivity contribution is 6.33. The number of aliphatic imine (C=N–C) groups is 1. The van der Waals surface area contributed by atoms with E-state index in [1.807, 2.05) is 6.92 Å². The molecule has 1 amide bonds. The van der Waals surface area contributed by atoms with Gasteiger partial charge in [-0.1, -0.05) is 30.1 Å². The van der Waals surface area contributed by atoms with Crippen LogP contribution in [-0.4, -0.2) is 16.8 Å². The summed E-state index contributed by atoms with van der Waals surface area (Å²) in [7, 11) is 0. The molecule has 2 aliphatic rings. The van der Waals surface area contributed by atoms with E-state index in [2.05, 4.69) is 4.99 Å². The second kappa shape index (κ2) is 5.78. The van der Waals surface area contributed by atoms with Crippen molar-refractivity contribution in [1.82, 2.24) is 0 Å². The van der Waals surface area contributed by atoms with Crippen LogP contribution in [0.3, 0.4) is 0 Å². The number of amidine groups is 1. The zero-order valence-electron chi connectivity index (χ0n) is 11.9. The maximum atomic E-state index is 12.9. The van der Waals surface area contributed by atoms with Crippen LogP contribution in [0, 0.1) is 5.92 Å². The molecule has 1 N–H and O–H groups in total. The van der Waals surface area contributed by atoms with Gasteiger partial charge in [0.15, 0.2) is 0 Å². The molecule has 22 heavy (non-hydrogen) atoms. The van der Waals surface area contributed by atoms with Crippen molar-refractivity contribution in [2.75, 3.05) is 4.90 Å². The Hall–Kier alpha value is -1.78. The molecule has 0 saturated carbocycles. The average molecular weight is 337 g/mol. The van der Waals surface area contributed by atoms with Gasteiger partial charge in [-0.2, -0.15) is 0 Å². The molecular formula is C16H14Cl2N2O2. The van der Waals surface area contributed by atoms with E-state index in [9.17, 15) is 9.90 Å². The number of benzene rings is 1. The summed E-state index contributed by atoms with van der Waals surface area (Å²) in [5, 5.41) is 10.5. The van der Waals surface area contributed by atoms with E-state index in [0.717, 1.165) is 5.69 Å². The molecule has 0 radical (unpaired) electrons. The van der Waals surface area contributed by atoms with Crippen LogP contribution in [0.5, 0.6) is 0 Å². The third-order valence-corrected chi connectivity index (χ3v) is 4.39. The third kappa shape index (κ3) is 2.42. The molecule has 1 aliphatic carbocycles. The molecule has 1 unspecified atom stereocenters. The van der Waals surface area contributed by atoms with Gasteiger partial charge in [0.25, 0.3) is 0 Å². The summed E-state index contributed by atoms with van der Waals surface area (Å²) in [6.07, 6.45) is 2.51. The molecule has 1 heterocycles. The number of hydrogen-bond donors (Lipinski definition) is 1. The van der Waals surface area contributed by atoms with Gasteiger partial charge in [0.05, 0.1) is 17.3 Å². The summed E-state index contributed by atoms with van der Waals surface area (Å²) in [5.41, 5.74) is 1.18. The molecule has 3 rings (SSSR count). The molecule has 4 nitrogen and oxygen atoms in total. The van der Waals surface area contributed by atoms with Gasteiger partial charge in [-0.25, -0.2) is 4.99 Å². The number of anilines is 1. The van der Waals surface area contributed by atoms with Gasteiger partial charge >= 0.3 is 0 Å². The Labute approximate surface area is 138 Å². The Kier molecular flexibility index (Phi) is 3.98. The van der Waals surface area contributed by atoms with Crippen molar-refractivity contribution in [3.05, 3.63) is 51.9 Å². The Balaban J connectivity index is 2.10. The summed E-state index contributed by atoms with van der Waals surface area (Å²) in [6.45, 7) is 1.92. The van der Waals surface area contributed by atoms with Crippen LogP contribution in [0.4, 0.5) is 5.69 Å². The van der Waals surface area contributed by atoms with Crippen LogP contribution in [-0.2, 0) is 4.79 Å². The van der Waals surface area contributed by atoms with Crippen molar-refractivity contribution in [2.24, 2.45) is 10.9 Å². The van der Waals surface area contributed by atoms with Gasteiger partial charge in [0.1, 0.15) is 16.6 Å². The topological polar surface area (TPSA) is 52.9 Å². The van der Waals surface area contributed by atoms with Gasteiger partial charge in [-0.05, 0) is 36.8 Å². The lowest BCUT2D eigenvalue weighted by Crippen LogP contribution is -2.45. The van der Waals surface area contributed by atoms with Crippen molar-refractivity contribution in [3.63, 3.8) is 0 Å². The van der Waals surface area contributed by atoms with Gasteiger partial charge in [-0.15, -0.1) is 0 Å². The largest absolute Gasteiger partial charge is 0.507 e.